The van der Waals surface area contributed by atoms with Gasteiger partial charge in [-0.05, 0) is 32.0 Å². The van der Waals surface area contributed by atoms with Gasteiger partial charge in [0.15, 0.2) is 11.4 Å². The Morgan fingerprint density at radius 3 is 2.95 bits per heavy atom. The number of nitrogens with one attached hydrogen (secondary N) is 1. The summed E-state index contributed by atoms with van der Waals surface area (Å²) in [4.78, 5) is 0. The van der Waals surface area contributed by atoms with Crippen LogP contribution in [-0.2, 0) is 4.74 Å². The summed E-state index contributed by atoms with van der Waals surface area (Å²) in [7, 11) is 0. The van der Waals surface area contributed by atoms with E-state index in [1.165, 1.54) is 6.07 Å². The van der Waals surface area contributed by atoms with Crippen LogP contribution in [-0.4, -0.2) is 19.3 Å². The lowest BCUT2D eigenvalue weighted by molar-refractivity contribution is 0.116. The van der Waals surface area contributed by atoms with E-state index in [4.69, 9.17) is 9.15 Å². The zero-order valence-electron chi connectivity index (χ0n) is 11.9. The minimum atomic E-state index is -0.306. The molecule has 1 N–H and O–H groups in total. The van der Waals surface area contributed by atoms with Crippen molar-refractivity contribution in [2.24, 2.45) is 5.92 Å². The fourth-order valence-corrected chi connectivity index (χ4v) is 3.00. The van der Waals surface area contributed by atoms with E-state index in [2.05, 4.69) is 19.2 Å². The Balaban J connectivity index is 1.94. The summed E-state index contributed by atoms with van der Waals surface area (Å²) in [6.45, 7) is 5.71. The number of ether oxygens (including phenoxy) is 1. The quantitative estimate of drug-likeness (QED) is 0.926. The normalized spacial score (nSPS) is 24.4. The lowest BCUT2D eigenvalue weighted by atomic mass is 9.95. The van der Waals surface area contributed by atoms with E-state index in [0.29, 0.717) is 11.5 Å². The van der Waals surface area contributed by atoms with Crippen LogP contribution in [0.15, 0.2) is 28.7 Å². The number of hydrogen-bond donors (Lipinski definition) is 1. The number of para-hydroxylation sites is 1. The van der Waals surface area contributed by atoms with E-state index in [0.717, 1.165) is 30.7 Å². The van der Waals surface area contributed by atoms with Crippen LogP contribution < -0.4 is 5.32 Å². The van der Waals surface area contributed by atoms with E-state index in [1.54, 1.807) is 6.07 Å². The highest BCUT2D eigenvalue weighted by molar-refractivity contribution is 5.78. The van der Waals surface area contributed by atoms with Gasteiger partial charge in [0, 0.05) is 11.3 Å². The monoisotopic (exact) mass is 277 g/mol. The first-order chi connectivity index (χ1) is 9.69. The molecular formula is C16H20FNO2. The zero-order valence-corrected chi connectivity index (χ0v) is 11.9. The fraction of sp³-hybridized carbons (Fsp3) is 0.500. The number of furan rings is 1. The summed E-state index contributed by atoms with van der Waals surface area (Å²) in [6, 6.07) is 7.03. The molecule has 108 valence electrons. The number of benzene rings is 1. The van der Waals surface area contributed by atoms with Gasteiger partial charge in [-0.2, -0.15) is 0 Å². The van der Waals surface area contributed by atoms with Gasteiger partial charge in [-0.25, -0.2) is 4.39 Å². The van der Waals surface area contributed by atoms with Gasteiger partial charge in [-0.3, -0.25) is 0 Å². The highest BCUT2D eigenvalue weighted by Crippen LogP contribution is 2.34. The largest absolute Gasteiger partial charge is 0.456 e. The fourth-order valence-electron chi connectivity index (χ4n) is 3.00. The van der Waals surface area contributed by atoms with Crippen molar-refractivity contribution in [3.63, 3.8) is 0 Å². The molecule has 3 nitrogen and oxygen atoms in total. The highest BCUT2D eigenvalue weighted by Gasteiger charge is 2.32. The summed E-state index contributed by atoms with van der Waals surface area (Å²) in [5.74, 6) is 0.864. The molecule has 3 atom stereocenters. The third-order valence-electron chi connectivity index (χ3n) is 3.95. The zero-order chi connectivity index (χ0) is 14.1. The minimum absolute atomic E-state index is 0.0803. The van der Waals surface area contributed by atoms with Crippen molar-refractivity contribution in [3.8, 4) is 0 Å². The first kappa shape index (κ1) is 13.6. The lowest BCUT2D eigenvalue weighted by Crippen LogP contribution is -2.28. The molecular weight excluding hydrogens is 257 g/mol. The maximum absolute atomic E-state index is 13.7. The van der Waals surface area contributed by atoms with Crippen molar-refractivity contribution in [1.82, 2.24) is 5.32 Å². The van der Waals surface area contributed by atoms with E-state index in [9.17, 15) is 4.39 Å². The van der Waals surface area contributed by atoms with Crippen LogP contribution in [0.25, 0.3) is 11.0 Å². The summed E-state index contributed by atoms with van der Waals surface area (Å²) in [5, 5.41) is 4.26. The average Bonchev–Trinajstić information content (AvgIpc) is 3.03. The Hall–Kier alpha value is -1.39. The second kappa shape index (κ2) is 5.54. The number of rotatable bonds is 4. The average molecular weight is 277 g/mol. The Kier molecular flexibility index (Phi) is 3.76. The molecule has 1 aromatic heterocycles. The van der Waals surface area contributed by atoms with Crippen LogP contribution in [0.5, 0.6) is 0 Å². The predicted octanol–water partition coefficient (Wildman–Crippen LogP) is 3.65. The lowest BCUT2D eigenvalue weighted by Gasteiger charge is -2.21. The molecule has 1 fully saturated rings. The van der Waals surface area contributed by atoms with Crippen LogP contribution in [0, 0.1) is 11.7 Å². The molecule has 1 aromatic carbocycles. The molecule has 0 aliphatic carbocycles. The summed E-state index contributed by atoms with van der Waals surface area (Å²) >= 11 is 0. The van der Waals surface area contributed by atoms with Crippen molar-refractivity contribution in [1.29, 1.82) is 0 Å². The molecule has 0 bridgehead atoms. The molecule has 1 aliphatic rings. The smallest absolute Gasteiger partial charge is 0.169 e. The van der Waals surface area contributed by atoms with Crippen molar-refractivity contribution in [2.45, 2.75) is 32.4 Å². The van der Waals surface area contributed by atoms with Gasteiger partial charge < -0.3 is 14.5 Å². The van der Waals surface area contributed by atoms with Gasteiger partial charge in [0.2, 0.25) is 0 Å². The van der Waals surface area contributed by atoms with E-state index in [1.807, 2.05) is 12.1 Å². The first-order valence-electron chi connectivity index (χ1n) is 7.22. The third kappa shape index (κ3) is 2.45. The summed E-state index contributed by atoms with van der Waals surface area (Å²) in [6.07, 6.45) is 1.28. The van der Waals surface area contributed by atoms with Gasteiger partial charge in [0.25, 0.3) is 0 Å². The molecule has 3 rings (SSSR count). The number of halogens is 1. The molecule has 1 saturated heterocycles. The molecule has 0 spiro atoms. The van der Waals surface area contributed by atoms with Crippen molar-refractivity contribution >= 4 is 11.0 Å². The molecule has 2 aromatic rings. The Morgan fingerprint density at radius 1 is 1.45 bits per heavy atom. The molecule has 3 unspecified atom stereocenters. The van der Waals surface area contributed by atoms with Crippen LogP contribution in [0.4, 0.5) is 4.39 Å². The van der Waals surface area contributed by atoms with Crippen LogP contribution in [0.2, 0.25) is 0 Å². The Morgan fingerprint density at radius 2 is 2.30 bits per heavy atom. The van der Waals surface area contributed by atoms with Crippen molar-refractivity contribution in [3.05, 3.63) is 35.8 Å². The maximum atomic E-state index is 13.7. The Bertz CT molecular complexity index is 595. The standard InChI is InChI=1S/C16H20FNO2/c1-3-18-15(12-7-10(2)19-9-12)14-8-11-5-4-6-13(17)16(11)20-14/h4-6,8,10,12,15,18H,3,7,9H2,1-2H3. The molecule has 0 radical (unpaired) electrons. The molecule has 20 heavy (non-hydrogen) atoms. The van der Waals surface area contributed by atoms with Gasteiger partial charge in [-0.15, -0.1) is 0 Å². The van der Waals surface area contributed by atoms with E-state index in [-0.39, 0.29) is 18.0 Å². The molecule has 4 heteroatoms. The number of hydrogen-bond acceptors (Lipinski definition) is 3. The van der Waals surface area contributed by atoms with Gasteiger partial charge >= 0.3 is 0 Å². The van der Waals surface area contributed by atoms with Gasteiger partial charge in [-0.1, -0.05) is 19.1 Å². The molecule has 2 heterocycles. The van der Waals surface area contributed by atoms with Crippen molar-refractivity contribution < 1.29 is 13.5 Å². The molecule has 0 saturated carbocycles. The Labute approximate surface area is 118 Å². The van der Waals surface area contributed by atoms with E-state index < -0.39 is 0 Å². The van der Waals surface area contributed by atoms with Crippen molar-refractivity contribution in [2.75, 3.05) is 13.2 Å². The van der Waals surface area contributed by atoms with Gasteiger partial charge in [0.1, 0.15) is 5.76 Å². The number of fused-ring (bicyclic) bond motifs is 1. The first-order valence-corrected chi connectivity index (χ1v) is 7.22. The minimum Gasteiger partial charge on any atom is -0.456 e. The predicted molar refractivity (Wildman–Crippen MR) is 76.1 cm³/mol. The van der Waals surface area contributed by atoms with E-state index >= 15 is 0 Å². The third-order valence-corrected chi connectivity index (χ3v) is 3.95. The second-order valence-corrected chi connectivity index (χ2v) is 5.48. The van der Waals surface area contributed by atoms with Gasteiger partial charge in [0.05, 0.1) is 18.8 Å². The second-order valence-electron chi connectivity index (χ2n) is 5.48. The topological polar surface area (TPSA) is 34.4 Å². The van der Waals surface area contributed by atoms with Crippen LogP contribution in [0.3, 0.4) is 0 Å². The SMILES string of the molecule is CCNC(c1cc2cccc(F)c2o1)C1COC(C)C1. The summed E-state index contributed by atoms with van der Waals surface area (Å²) in [5.41, 5.74) is 0.345. The van der Waals surface area contributed by atoms with Crippen LogP contribution in [0.1, 0.15) is 32.1 Å². The highest BCUT2D eigenvalue weighted by atomic mass is 19.1. The maximum Gasteiger partial charge on any atom is 0.169 e. The molecule has 1 aliphatic heterocycles. The van der Waals surface area contributed by atoms with Crippen LogP contribution >= 0.6 is 0 Å². The summed E-state index contributed by atoms with van der Waals surface area (Å²) < 4.78 is 25.2. The molecule has 0 amide bonds.